The third kappa shape index (κ3) is 6.69. The number of piperazine rings is 1. The van der Waals surface area contributed by atoms with Crippen LogP contribution in [0.5, 0.6) is 0 Å². The zero-order valence-electron chi connectivity index (χ0n) is 25.7. The smallest absolute Gasteiger partial charge is 0.352 e. The Morgan fingerprint density at radius 2 is 1.85 bits per heavy atom. The lowest BCUT2D eigenvalue weighted by molar-refractivity contribution is -0.0899. The zero-order valence-corrected chi connectivity index (χ0v) is 28.2. The molecule has 248 valence electrons. The third-order valence-electron chi connectivity index (χ3n) is 8.33. The van der Waals surface area contributed by atoms with E-state index in [1.54, 1.807) is 18.2 Å². The number of fused-ring (bicyclic) bond motifs is 1. The summed E-state index contributed by atoms with van der Waals surface area (Å²) in [5.74, 6) is 0.715. The van der Waals surface area contributed by atoms with Crippen LogP contribution in [0.25, 0.3) is 11.0 Å². The average Bonchev–Trinajstić information content (AvgIpc) is 3.68. The average molecular weight is 704 g/mol. The Balaban J connectivity index is 1.11. The second-order valence-electron chi connectivity index (χ2n) is 11.6. The van der Waals surface area contributed by atoms with Gasteiger partial charge in [-0.1, -0.05) is 37.3 Å². The standard InChI is InChI=1S/C30H32F3N9O2S3/c1-4-23-38-39-27(46-23)40-47(43,44)20-7-5-19(6-8-20)37-28(45)42-13-11-41(12-14-42)26-24-22(16-34-25(24)35-17-36-26)29(3)10-9-21(18(2)15-29)30(31,32)33/h5-9,15-17H,4,10-14H2,1-3H3,(H,37,45)(H,39,40)(H,34,35,36). The summed E-state index contributed by atoms with van der Waals surface area (Å²) < 4.78 is 68.6. The van der Waals surface area contributed by atoms with Crippen molar-refractivity contribution in [2.75, 3.05) is 41.1 Å². The maximum absolute atomic E-state index is 13.5. The number of anilines is 3. The van der Waals surface area contributed by atoms with Crippen LogP contribution in [0.15, 0.2) is 65.0 Å². The molecule has 1 atom stereocenters. The van der Waals surface area contributed by atoms with Gasteiger partial charge in [-0.25, -0.2) is 18.4 Å². The fourth-order valence-electron chi connectivity index (χ4n) is 5.91. The molecule has 11 nitrogen and oxygen atoms in total. The van der Waals surface area contributed by atoms with Gasteiger partial charge in [0.05, 0.1) is 15.9 Å². The van der Waals surface area contributed by atoms with Gasteiger partial charge in [0.25, 0.3) is 10.0 Å². The first-order valence-electron chi connectivity index (χ1n) is 14.8. The molecular weight excluding hydrogens is 672 g/mol. The molecule has 17 heteroatoms. The summed E-state index contributed by atoms with van der Waals surface area (Å²) in [5, 5.41) is 13.2. The van der Waals surface area contributed by atoms with Crippen LogP contribution in [0.4, 0.5) is 29.8 Å². The van der Waals surface area contributed by atoms with Gasteiger partial charge in [0, 0.05) is 43.5 Å². The van der Waals surface area contributed by atoms with Crippen molar-refractivity contribution < 1.29 is 21.6 Å². The number of aryl methyl sites for hydroxylation is 1. The van der Waals surface area contributed by atoms with Crippen LogP contribution < -0.4 is 14.9 Å². The molecule has 0 bridgehead atoms. The largest absolute Gasteiger partial charge is 0.416 e. The highest BCUT2D eigenvalue weighted by atomic mass is 32.2. The number of sulfonamides is 1. The normalized spacial score (nSPS) is 19.0. The van der Waals surface area contributed by atoms with Gasteiger partial charge in [-0.2, -0.15) is 13.2 Å². The third-order valence-corrected chi connectivity index (χ3v) is 11.2. The van der Waals surface area contributed by atoms with Gasteiger partial charge in [-0.05, 0) is 67.4 Å². The molecule has 1 fully saturated rings. The Bertz CT molecular complexity index is 1980. The Labute approximate surface area is 279 Å². The van der Waals surface area contributed by atoms with E-state index in [1.807, 2.05) is 24.9 Å². The van der Waals surface area contributed by atoms with Crippen molar-refractivity contribution in [3.63, 3.8) is 0 Å². The highest BCUT2D eigenvalue weighted by molar-refractivity contribution is 7.93. The van der Waals surface area contributed by atoms with Crippen molar-refractivity contribution in [2.45, 2.75) is 50.1 Å². The van der Waals surface area contributed by atoms with Gasteiger partial charge in [0.2, 0.25) is 5.13 Å². The number of nitrogens with one attached hydrogen (secondary N) is 3. The number of allylic oxidation sites excluding steroid dienone is 4. The summed E-state index contributed by atoms with van der Waals surface area (Å²) in [6.45, 7) is 7.70. The first-order valence-corrected chi connectivity index (χ1v) is 17.5. The van der Waals surface area contributed by atoms with Crippen molar-refractivity contribution in [1.29, 1.82) is 0 Å². The second-order valence-corrected chi connectivity index (χ2v) is 14.7. The van der Waals surface area contributed by atoms with Crippen LogP contribution in [0.2, 0.25) is 0 Å². The molecule has 0 saturated carbocycles. The monoisotopic (exact) mass is 703 g/mol. The molecule has 47 heavy (non-hydrogen) atoms. The molecule has 4 heterocycles. The maximum atomic E-state index is 13.5. The van der Waals surface area contributed by atoms with Gasteiger partial charge in [0.15, 0.2) is 5.11 Å². The molecule has 1 saturated heterocycles. The van der Waals surface area contributed by atoms with Crippen LogP contribution in [0.1, 0.15) is 37.8 Å². The van der Waals surface area contributed by atoms with Crippen molar-refractivity contribution in [1.82, 2.24) is 30.0 Å². The quantitative estimate of drug-likeness (QED) is 0.203. The topological polar surface area (TPSA) is 132 Å². The fraction of sp³-hybridized carbons (Fsp3) is 0.367. The number of rotatable bonds is 7. The molecule has 3 aromatic heterocycles. The van der Waals surface area contributed by atoms with Gasteiger partial charge in [0.1, 0.15) is 22.8 Å². The Hall–Kier alpha value is -4.09. The summed E-state index contributed by atoms with van der Waals surface area (Å²) in [6, 6.07) is 6.28. The molecule has 0 radical (unpaired) electrons. The summed E-state index contributed by atoms with van der Waals surface area (Å²) in [4.78, 5) is 16.4. The van der Waals surface area contributed by atoms with E-state index < -0.39 is 27.2 Å². The summed E-state index contributed by atoms with van der Waals surface area (Å²) in [5.41, 5.74) is 1.03. The zero-order chi connectivity index (χ0) is 33.6. The summed E-state index contributed by atoms with van der Waals surface area (Å²) >= 11 is 6.87. The van der Waals surface area contributed by atoms with Crippen LogP contribution >= 0.6 is 23.6 Å². The van der Waals surface area contributed by atoms with Crippen LogP contribution in [-0.4, -0.2) is 75.9 Å². The lowest BCUT2D eigenvalue weighted by Crippen LogP contribution is -2.50. The lowest BCUT2D eigenvalue weighted by atomic mass is 9.74. The van der Waals surface area contributed by atoms with E-state index in [0.29, 0.717) is 54.9 Å². The van der Waals surface area contributed by atoms with E-state index in [0.717, 1.165) is 16.0 Å². The van der Waals surface area contributed by atoms with E-state index in [9.17, 15) is 21.6 Å². The van der Waals surface area contributed by atoms with Crippen LogP contribution in [-0.2, 0) is 21.9 Å². The van der Waals surface area contributed by atoms with Crippen molar-refractivity contribution in [3.05, 3.63) is 70.7 Å². The van der Waals surface area contributed by atoms with Gasteiger partial charge < -0.3 is 20.1 Å². The highest BCUT2D eigenvalue weighted by Crippen LogP contribution is 2.44. The minimum Gasteiger partial charge on any atom is -0.352 e. The van der Waals surface area contributed by atoms with Crippen molar-refractivity contribution in [3.8, 4) is 0 Å². The minimum atomic E-state index is -4.40. The maximum Gasteiger partial charge on any atom is 0.416 e. The van der Waals surface area contributed by atoms with Crippen LogP contribution in [0.3, 0.4) is 0 Å². The molecule has 1 aliphatic heterocycles. The van der Waals surface area contributed by atoms with E-state index >= 15 is 0 Å². The van der Waals surface area contributed by atoms with Gasteiger partial charge in [-0.15, -0.1) is 10.2 Å². The van der Waals surface area contributed by atoms with Gasteiger partial charge >= 0.3 is 6.18 Å². The minimum absolute atomic E-state index is 0.0840. The Kier molecular flexibility index (Phi) is 8.73. The van der Waals surface area contributed by atoms with Crippen molar-refractivity contribution in [2.24, 2.45) is 0 Å². The molecule has 0 spiro atoms. The second kappa shape index (κ2) is 12.5. The number of hydrogen-bond acceptors (Lipinski definition) is 9. The number of H-pyrrole nitrogens is 1. The first kappa shape index (κ1) is 32.8. The number of aromatic amines is 1. The number of hydrogen-bond donors (Lipinski definition) is 3. The molecule has 0 amide bonds. The van der Waals surface area contributed by atoms with Gasteiger partial charge in [-0.3, -0.25) is 4.72 Å². The number of alkyl halides is 3. The molecule has 4 aromatic rings. The Morgan fingerprint density at radius 3 is 2.49 bits per heavy atom. The number of aromatic nitrogens is 5. The molecule has 1 aliphatic carbocycles. The molecule has 6 rings (SSSR count). The number of nitrogens with zero attached hydrogens (tertiary/aromatic N) is 6. The Morgan fingerprint density at radius 1 is 1.13 bits per heavy atom. The predicted molar refractivity (Wildman–Crippen MR) is 180 cm³/mol. The molecule has 1 aromatic carbocycles. The van der Waals surface area contributed by atoms with E-state index in [-0.39, 0.29) is 22.0 Å². The molecule has 2 aliphatic rings. The number of halogens is 3. The van der Waals surface area contributed by atoms with E-state index in [1.165, 1.54) is 42.8 Å². The lowest BCUT2D eigenvalue weighted by Gasteiger charge is -2.37. The number of benzene rings is 1. The SMILES string of the molecule is CCc1nnc(NS(=O)(=O)c2ccc(NC(=S)N3CCN(c4ncnc5[nH]cc(C6(C)C=C(C)C(C(F)(F)F)=CC6)c45)CC3)cc2)s1. The summed E-state index contributed by atoms with van der Waals surface area (Å²) in [7, 11) is -3.83. The summed E-state index contributed by atoms with van der Waals surface area (Å²) in [6.07, 6.45) is 2.73. The molecule has 3 N–H and O–H groups in total. The number of thiocarbonyl (C=S) groups is 1. The molecular formula is C30H32F3N9O2S3. The predicted octanol–water partition coefficient (Wildman–Crippen LogP) is 5.79. The van der Waals surface area contributed by atoms with Crippen LogP contribution in [0, 0.1) is 0 Å². The van der Waals surface area contributed by atoms with Crippen molar-refractivity contribution >= 4 is 66.4 Å². The highest BCUT2D eigenvalue weighted by Gasteiger charge is 2.40. The van der Waals surface area contributed by atoms with E-state index in [2.05, 4.69) is 40.1 Å². The molecule has 1 unspecified atom stereocenters. The van der Waals surface area contributed by atoms with E-state index in [4.69, 9.17) is 12.2 Å². The fourth-order valence-corrected chi connectivity index (χ4v) is 8.12. The first-order chi connectivity index (χ1) is 22.3.